The second kappa shape index (κ2) is 10.1. The van der Waals surface area contributed by atoms with E-state index in [0.717, 1.165) is 53.7 Å². The highest BCUT2D eigenvalue weighted by molar-refractivity contribution is 5.66. The summed E-state index contributed by atoms with van der Waals surface area (Å²) in [5.41, 5.74) is 2.68. The maximum Gasteiger partial charge on any atom is 0.573 e. The molecule has 5 rings (SSSR count). The van der Waals surface area contributed by atoms with E-state index in [1.807, 2.05) is 24.3 Å². The van der Waals surface area contributed by atoms with E-state index in [9.17, 15) is 13.2 Å². The Morgan fingerprint density at radius 2 is 1.69 bits per heavy atom. The molecule has 3 heterocycles. The third-order valence-corrected chi connectivity index (χ3v) is 5.93. The summed E-state index contributed by atoms with van der Waals surface area (Å²) < 4.78 is 52.7. The van der Waals surface area contributed by atoms with Gasteiger partial charge in [0.25, 0.3) is 0 Å². The molecular weight excluding hydrogens is 461 g/mol. The molecule has 7 nitrogen and oxygen atoms in total. The molecule has 0 atom stereocenters. The fourth-order valence-electron chi connectivity index (χ4n) is 4.25. The number of aromatic nitrogens is 2. The van der Waals surface area contributed by atoms with E-state index >= 15 is 0 Å². The first-order valence-corrected chi connectivity index (χ1v) is 11.4. The Hall–Kier alpha value is -3.37. The highest BCUT2D eigenvalue weighted by Gasteiger charge is 2.31. The summed E-state index contributed by atoms with van der Waals surface area (Å²) in [6.45, 7) is 5.50. The second-order valence-corrected chi connectivity index (χ2v) is 8.38. The summed E-state index contributed by atoms with van der Waals surface area (Å²) in [6, 6.07) is 13.6. The Morgan fingerprint density at radius 1 is 0.914 bits per heavy atom. The Morgan fingerprint density at radius 3 is 2.46 bits per heavy atom. The Bertz CT molecular complexity index is 1150. The number of benzene rings is 2. The van der Waals surface area contributed by atoms with Crippen LogP contribution in [0.2, 0.25) is 0 Å². The number of ether oxygens (including phenoxy) is 3. The van der Waals surface area contributed by atoms with Crippen LogP contribution in [0.25, 0.3) is 11.1 Å². The fourth-order valence-corrected chi connectivity index (χ4v) is 4.25. The standard InChI is InChI=1S/C25H25F3N4O3/c26-25(27,28)35-21-4-1-18(2-5-21)19-3-6-22-20(15-19)16-31(9-14-34-22)17-23-29-8-7-24(30-23)32-10-12-33-13-11-32/h1-8,15H,9-14,16-17H2. The predicted octanol–water partition coefficient (Wildman–Crippen LogP) is 4.27. The van der Waals surface area contributed by atoms with Crippen molar-refractivity contribution in [2.75, 3.05) is 44.4 Å². The molecule has 0 aliphatic carbocycles. The van der Waals surface area contributed by atoms with Crippen LogP contribution in [-0.2, 0) is 17.8 Å². The van der Waals surface area contributed by atoms with Gasteiger partial charge in [-0.25, -0.2) is 9.97 Å². The van der Waals surface area contributed by atoms with Crippen LogP contribution in [-0.4, -0.2) is 60.7 Å². The minimum atomic E-state index is -4.71. The van der Waals surface area contributed by atoms with Gasteiger partial charge in [0.05, 0.1) is 19.8 Å². The van der Waals surface area contributed by atoms with E-state index in [0.29, 0.717) is 32.9 Å². The van der Waals surface area contributed by atoms with E-state index < -0.39 is 6.36 Å². The van der Waals surface area contributed by atoms with Crippen LogP contribution in [0, 0.1) is 0 Å². The van der Waals surface area contributed by atoms with Crippen molar-refractivity contribution in [2.45, 2.75) is 19.5 Å². The molecule has 2 aromatic carbocycles. The number of anilines is 1. The maximum atomic E-state index is 12.4. The minimum absolute atomic E-state index is 0.246. The normalized spacial score (nSPS) is 16.8. The van der Waals surface area contributed by atoms with Crippen LogP contribution in [0.4, 0.5) is 19.0 Å². The van der Waals surface area contributed by atoms with E-state index in [4.69, 9.17) is 14.5 Å². The first-order chi connectivity index (χ1) is 16.9. The average Bonchev–Trinajstić information content (AvgIpc) is 3.05. The average molecular weight is 486 g/mol. The Labute approximate surface area is 201 Å². The minimum Gasteiger partial charge on any atom is -0.492 e. The van der Waals surface area contributed by atoms with Crippen molar-refractivity contribution >= 4 is 5.82 Å². The molecular formula is C25H25F3N4O3. The van der Waals surface area contributed by atoms with Crippen LogP contribution in [0.5, 0.6) is 11.5 Å². The highest BCUT2D eigenvalue weighted by Crippen LogP contribution is 2.31. The molecule has 0 amide bonds. The van der Waals surface area contributed by atoms with Crippen LogP contribution >= 0.6 is 0 Å². The fraction of sp³-hybridized carbons (Fsp3) is 0.360. The van der Waals surface area contributed by atoms with E-state index in [2.05, 4.69) is 19.5 Å². The van der Waals surface area contributed by atoms with Crippen LogP contribution in [0.3, 0.4) is 0 Å². The SMILES string of the molecule is FC(F)(F)Oc1ccc(-c2ccc3c(c2)CN(Cc2nccc(N4CCOCC4)n2)CCO3)cc1. The quantitative estimate of drug-likeness (QED) is 0.534. The predicted molar refractivity (Wildman–Crippen MR) is 123 cm³/mol. The monoisotopic (exact) mass is 486 g/mol. The molecule has 0 saturated carbocycles. The largest absolute Gasteiger partial charge is 0.573 e. The first kappa shape index (κ1) is 23.4. The molecule has 184 valence electrons. The van der Waals surface area contributed by atoms with Gasteiger partial charge in [0, 0.05) is 37.9 Å². The summed E-state index contributed by atoms with van der Waals surface area (Å²) in [4.78, 5) is 13.7. The van der Waals surface area contributed by atoms with Crippen molar-refractivity contribution in [2.24, 2.45) is 0 Å². The smallest absolute Gasteiger partial charge is 0.492 e. The lowest BCUT2D eigenvalue weighted by Gasteiger charge is -2.28. The Kier molecular flexibility index (Phi) is 6.74. The van der Waals surface area contributed by atoms with Gasteiger partial charge in [-0.3, -0.25) is 4.90 Å². The van der Waals surface area contributed by atoms with Crippen molar-refractivity contribution < 1.29 is 27.4 Å². The molecule has 0 bridgehead atoms. The Balaban J connectivity index is 1.30. The van der Waals surface area contributed by atoms with Gasteiger partial charge in [-0.15, -0.1) is 13.2 Å². The van der Waals surface area contributed by atoms with Gasteiger partial charge in [-0.05, 0) is 41.5 Å². The molecule has 1 saturated heterocycles. The number of hydrogen-bond donors (Lipinski definition) is 0. The van der Waals surface area contributed by atoms with Crippen molar-refractivity contribution in [1.29, 1.82) is 0 Å². The van der Waals surface area contributed by atoms with Gasteiger partial charge in [-0.2, -0.15) is 0 Å². The van der Waals surface area contributed by atoms with Gasteiger partial charge < -0.3 is 19.1 Å². The molecule has 0 radical (unpaired) electrons. The zero-order valence-electron chi connectivity index (χ0n) is 19.0. The first-order valence-electron chi connectivity index (χ1n) is 11.4. The molecule has 2 aliphatic rings. The summed E-state index contributed by atoms with van der Waals surface area (Å²) in [7, 11) is 0. The van der Waals surface area contributed by atoms with Crippen molar-refractivity contribution in [3.8, 4) is 22.6 Å². The van der Waals surface area contributed by atoms with Crippen molar-refractivity contribution in [3.05, 3.63) is 66.1 Å². The molecule has 3 aromatic rings. The molecule has 10 heteroatoms. The number of halogens is 3. The topological polar surface area (TPSA) is 60.0 Å². The number of fused-ring (bicyclic) bond motifs is 1. The van der Waals surface area contributed by atoms with E-state index in [1.54, 1.807) is 18.3 Å². The van der Waals surface area contributed by atoms with E-state index in [1.165, 1.54) is 12.1 Å². The van der Waals surface area contributed by atoms with Crippen molar-refractivity contribution in [1.82, 2.24) is 14.9 Å². The van der Waals surface area contributed by atoms with Gasteiger partial charge in [0.15, 0.2) is 0 Å². The zero-order valence-corrected chi connectivity index (χ0v) is 19.0. The van der Waals surface area contributed by atoms with Crippen LogP contribution in [0.15, 0.2) is 54.7 Å². The summed E-state index contributed by atoms with van der Waals surface area (Å²) in [5, 5.41) is 0. The number of hydrogen-bond acceptors (Lipinski definition) is 7. The number of morpholine rings is 1. The van der Waals surface area contributed by atoms with Gasteiger partial charge >= 0.3 is 6.36 Å². The van der Waals surface area contributed by atoms with Crippen molar-refractivity contribution in [3.63, 3.8) is 0 Å². The molecule has 1 fully saturated rings. The van der Waals surface area contributed by atoms with Crippen LogP contribution in [0.1, 0.15) is 11.4 Å². The molecule has 0 N–H and O–H groups in total. The number of rotatable bonds is 5. The molecule has 0 spiro atoms. The lowest BCUT2D eigenvalue weighted by atomic mass is 10.0. The summed E-state index contributed by atoms with van der Waals surface area (Å²) >= 11 is 0. The molecule has 35 heavy (non-hydrogen) atoms. The summed E-state index contributed by atoms with van der Waals surface area (Å²) in [6.07, 6.45) is -2.92. The van der Waals surface area contributed by atoms with Gasteiger partial charge in [0.1, 0.15) is 29.7 Å². The third-order valence-electron chi connectivity index (χ3n) is 5.93. The maximum absolute atomic E-state index is 12.4. The lowest BCUT2D eigenvalue weighted by Crippen LogP contribution is -2.37. The molecule has 1 aromatic heterocycles. The van der Waals surface area contributed by atoms with Crippen LogP contribution < -0.4 is 14.4 Å². The molecule has 0 unspecified atom stereocenters. The van der Waals surface area contributed by atoms with E-state index in [-0.39, 0.29) is 5.75 Å². The number of nitrogens with zero attached hydrogens (tertiary/aromatic N) is 4. The second-order valence-electron chi connectivity index (χ2n) is 8.38. The third kappa shape index (κ3) is 6.01. The molecule has 2 aliphatic heterocycles. The summed E-state index contributed by atoms with van der Waals surface area (Å²) in [5.74, 6) is 2.21. The highest BCUT2D eigenvalue weighted by atomic mass is 19.4. The zero-order chi connectivity index (χ0) is 24.3. The van der Waals surface area contributed by atoms with Gasteiger partial charge in [-0.1, -0.05) is 18.2 Å². The lowest BCUT2D eigenvalue weighted by molar-refractivity contribution is -0.274. The number of alkyl halides is 3. The van der Waals surface area contributed by atoms with Gasteiger partial charge in [0.2, 0.25) is 0 Å².